The Hall–Kier alpha value is -3.73. The topological polar surface area (TPSA) is 97.1 Å². The number of methoxy groups -OCH3 is 2. The number of fused-ring (bicyclic) bond motifs is 1. The summed E-state index contributed by atoms with van der Waals surface area (Å²) in [6.07, 6.45) is 0.280. The Morgan fingerprint density at radius 2 is 1.78 bits per heavy atom. The number of rotatable bonds is 8. The highest BCUT2D eigenvalue weighted by molar-refractivity contribution is 5.92. The average Bonchev–Trinajstić information content (AvgIpc) is 2.92. The Bertz CT molecular complexity index is 1270. The number of halogens is 2. The largest absolute Gasteiger partial charge is 0.493 e. The zero-order valence-corrected chi connectivity index (χ0v) is 21.5. The van der Waals surface area contributed by atoms with Gasteiger partial charge in [0, 0.05) is 44.0 Å². The molecule has 0 spiro atoms. The maximum Gasteiger partial charge on any atom is 0.228 e. The number of piperazine rings is 1. The Morgan fingerprint density at radius 3 is 2.38 bits per heavy atom. The van der Waals surface area contributed by atoms with E-state index in [0.717, 1.165) is 12.1 Å². The van der Waals surface area contributed by atoms with Gasteiger partial charge in [0.05, 0.1) is 14.2 Å². The van der Waals surface area contributed by atoms with Crippen LogP contribution in [0.5, 0.6) is 11.5 Å². The number of nitrogen functional groups attached to an aromatic ring is 1. The quantitative estimate of drug-likeness (QED) is 0.490. The smallest absolute Gasteiger partial charge is 0.228 e. The molecule has 0 saturated carbocycles. The van der Waals surface area contributed by atoms with Crippen molar-refractivity contribution in [1.29, 1.82) is 0 Å². The summed E-state index contributed by atoms with van der Waals surface area (Å²) in [6.45, 7) is 4.62. The van der Waals surface area contributed by atoms with Gasteiger partial charge in [-0.1, -0.05) is 19.1 Å². The molecule has 1 aromatic heterocycles. The number of aromatic nitrogens is 2. The molecule has 2 aromatic carbocycles. The molecule has 1 aliphatic heterocycles. The standard InChI is InChI=1S/C26H32F2N6O3/c1-5-32(2)19(16-6-8-17(27)9-7-16)15-21(35)33-10-12-34(13-11-33)26-30-23-18(25(29)31-26)14-20(36-3)24(37-4)22(23)28/h6-9,14,19H,5,10-13,15H2,1-4H3,(H2,29,30,31)/t19-/m1/s1. The van der Waals surface area contributed by atoms with E-state index in [4.69, 9.17) is 15.2 Å². The Labute approximate surface area is 214 Å². The molecule has 1 atom stereocenters. The summed E-state index contributed by atoms with van der Waals surface area (Å²) < 4.78 is 38.9. The molecule has 2 N–H and O–H groups in total. The van der Waals surface area contributed by atoms with E-state index in [1.54, 1.807) is 23.1 Å². The van der Waals surface area contributed by atoms with Gasteiger partial charge in [0.1, 0.15) is 17.2 Å². The van der Waals surface area contributed by atoms with Crippen molar-refractivity contribution in [1.82, 2.24) is 19.8 Å². The first-order valence-corrected chi connectivity index (χ1v) is 12.1. The molecular weight excluding hydrogens is 482 g/mol. The van der Waals surface area contributed by atoms with Gasteiger partial charge in [-0.2, -0.15) is 4.98 Å². The van der Waals surface area contributed by atoms with E-state index < -0.39 is 5.82 Å². The Balaban J connectivity index is 1.48. The minimum absolute atomic E-state index is 0.0103. The maximum absolute atomic E-state index is 15.1. The molecule has 4 rings (SSSR count). The van der Waals surface area contributed by atoms with E-state index in [1.165, 1.54) is 26.4 Å². The van der Waals surface area contributed by atoms with E-state index in [9.17, 15) is 9.18 Å². The number of nitrogens with zero attached hydrogens (tertiary/aromatic N) is 5. The highest BCUT2D eigenvalue weighted by atomic mass is 19.1. The van der Waals surface area contributed by atoms with Crippen LogP contribution in [-0.4, -0.2) is 79.7 Å². The zero-order chi connectivity index (χ0) is 26.7. The van der Waals surface area contributed by atoms with Gasteiger partial charge < -0.3 is 25.0 Å². The summed E-state index contributed by atoms with van der Waals surface area (Å²) in [5.74, 6) is -0.402. The molecule has 0 radical (unpaired) electrons. The fourth-order valence-electron chi connectivity index (χ4n) is 4.56. The summed E-state index contributed by atoms with van der Waals surface area (Å²) in [5.41, 5.74) is 7.09. The van der Waals surface area contributed by atoms with Gasteiger partial charge in [-0.3, -0.25) is 9.69 Å². The summed E-state index contributed by atoms with van der Waals surface area (Å²) in [7, 11) is 4.72. The number of carbonyl (C=O) groups excluding carboxylic acids is 1. The van der Waals surface area contributed by atoms with Crippen molar-refractivity contribution < 1.29 is 23.0 Å². The molecule has 198 valence electrons. The molecule has 1 saturated heterocycles. The lowest BCUT2D eigenvalue weighted by Crippen LogP contribution is -2.50. The molecule has 2 heterocycles. The van der Waals surface area contributed by atoms with Crippen LogP contribution in [0.1, 0.15) is 24.9 Å². The molecule has 0 bridgehead atoms. The molecule has 0 aliphatic carbocycles. The molecule has 9 nitrogen and oxygen atoms in total. The summed E-state index contributed by atoms with van der Waals surface area (Å²) in [5, 5.41) is 0.333. The van der Waals surface area contributed by atoms with Crippen molar-refractivity contribution in [2.45, 2.75) is 19.4 Å². The van der Waals surface area contributed by atoms with E-state index in [2.05, 4.69) is 14.9 Å². The predicted octanol–water partition coefficient (Wildman–Crippen LogP) is 3.24. The first-order valence-electron chi connectivity index (χ1n) is 12.1. The molecule has 11 heteroatoms. The van der Waals surface area contributed by atoms with Crippen LogP contribution >= 0.6 is 0 Å². The summed E-state index contributed by atoms with van der Waals surface area (Å²) >= 11 is 0. The number of hydrogen-bond donors (Lipinski definition) is 1. The first-order chi connectivity index (χ1) is 17.8. The second-order valence-electron chi connectivity index (χ2n) is 8.94. The van der Waals surface area contributed by atoms with Crippen LogP contribution in [0.3, 0.4) is 0 Å². The number of ether oxygens (including phenoxy) is 2. The average molecular weight is 515 g/mol. The minimum Gasteiger partial charge on any atom is -0.493 e. The van der Waals surface area contributed by atoms with Gasteiger partial charge in [0.2, 0.25) is 11.9 Å². The summed E-state index contributed by atoms with van der Waals surface area (Å²) in [4.78, 5) is 27.8. The highest BCUT2D eigenvalue weighted by Gasteiger charge is 2.28. The van der Waals surface area contributed by atoms with Crippen LogP contribution in [0.15, 0.2) is 30.3 Å². The van der Waals surface area contributed by atoms with E-state index in [0.29, 0.717) is 31.6 Å². The fraction of sp³-hybridized carbons (Fsp3) is 0.423. The molecule has 37 heavy (non-hydrogen) atoms. The van der Waals surface area contributed by atoms with E-state index in [-0.39, 0.29) is 53.0 Å². The third kappa shape index (κ3) is 5.36. The third-order valence-electron chi connectivity index (χ3n) is 6.86. The number of amides is 1. The van der Waals surface area contributed by atoms with Crippen LogP contribution < -0.4 is 20.1 Å². The Kier molecular flexibility index (Phi) is 7.91. The van der Waals surface area contributed by atoms with Gasteiger partial charge in [-0.05, 0) is 37.4 Å². The second-order valence-corrected chi connectivity index (χ2v) is 8.94. The molecule has 1 fully saturated rings. The van der Waals surface area contributed by atoms with Gasteiger partial charge in [0.15, 0.2) is 17.3 Å². The van der Waals surface area contributed by atoms with Crippen molar-refractivity contribution in [3.8, 4) is 11.5 Å². The van der Waals surface area contributed by atoms with Crippen molar-refractivity contribution in [2.24, 2.45) is 0 Å². The van der Waals surface area contributed by atoms with E-state index >= 15 is 4.39 Å². The van der Waals surface area contributed by atoms with Gasteiger partial charge >= 0.3 is 0 Å². The van der Waals surface area contributed by atoms with Gasteiger partial charge in [-0.25, -0.2) is 13.8 Å². The second kappa shape index (κ2) is 11.1. The zero-order valence-electron chi connectivity index (χ0n) is 21.5. The van der Waals surface area contributed by atoms with Crippen molar-refractivity contribution >= 4 is 28.6 Å². The van der Waals surface area contributed by atoms with E-state index in [1.807, 2.05) is 18.9 Å². The summed E-state index contributed by atoms with van der Waals surface area (Å²) in [6, 6.07) is 7.68. The normalized spacial score (nSPS) is 14.8. The minimum atomic E-state index is -0.673. The SMILES string of the molecule is CCN(C)[C@H](CC(=O)N1CCN(c2nc(N)c3cc(OC)c(OC)c(F)c3n2)CC1)c1ccc(F)cc1. The van der Waals surface area contributed by atoms with Crippen molar-refractivity contribution in [3.05, 3.63) is 47.5 Å². The van der Waals surface area contributed by atoms with Crippen LogP contribution in [0.25, 0.3) is 10.9 Å². The number of hydrogen-bond acceptors (Lipinski definition) is 8. The van der Waals surface area contributed by atoms with Crippen molar-refractivity contribution in [3.63, 3.8) is 0 Å². The monoisotopic (exact) mass is 514 g/mol. The fourth-order valence-corrected chi connectivity index (χ4v) is 4.56. The number of carbonyl (C=O) groups is 1. The lowest BCUT2D eigenvalue weighted by atomic mass is 10.0. The molecule has 3 aromatic rings. The first kappa shape index (κ1) is 26.3. The lowest BCUT2D eigenvalue weighted by molar-refractivity contribution is -0.132. The lowest BCUT2D eigenvalue weighted by Gasteiger charge is -2.36. The number of benzene rings is 2. The van der Waals surface area contributed by atoms with Crippen LogP contribution in [-0.2, 0) is 4.79 Å². The van der Waals surface area contributed by atoms with Crippen LogP contribution in [0.4, 0.5) is 20.5 Å². The van der Waals surface area contributed by atoms with Crippen molar-refractivity contribution in [2.75, 3.05) is 64.6 Å². The van der Waals surface area contributed by atoms with Crippen LogP contribution in [0, 0.1) is 11.6 Å². The molecule has 0 unspecified atom stereocenters. The van der Waals surface area contributed by atoms with Crippen LogP contribution in [0.2, 0.25) is 0 Å². The molecule has 1 amide bonds. The number of nitrogens with two attached hydrogens (primary N) is 1. The highest BCUT2D eigenvalue weighted by Crippen LogP contribution is 2.37. The molecule has 1 aliphatic rings. The maximum atomic E-state index is 15.1. The number of anilines is 2. The third-order valence-corrected chi connectivity index (χ3v) is 6.86. The predicted molar refractivity (Wildman–Crippen MR) is 138 cm³/mol. The van der Waals surface area contributed by atoms with Gasteiger partial charge in [-0.15, -0.1) is 0 Å². The Morgan fingerprint density at radius 1 is 1.11 bits per heavy atom. The van der Waals surface area contributed by atoms with Gasteiger partial charge in [0.25, 0.3) is 0 Å². The molecular formula is C26H32F2N6O3.